The van der Waals surface area contributed by atoms with Crippen molar-refractivity contribution in [3.05, 3.63) is 45.6 Å². The van der Waals surface area contributed by atoms with Crippen molar-refractivity contribution in [3.8, 4) is 0 Å². The Morgan fingerprint density at radius 1 is 1.15 bits per heavy atom. The average Bonchev–Trinajstić information content (AvgIpc) is 2.88. The van der Waals surface area contributed by atoms with Crippen molar-refractivity contribution in [1.82, 2.24) is 4.31 Å². The molecule has 1 aliphatic heterocycles. The van der Waals surface area contributed by atoms with Crippen LogP contribution in [-0.4, -0.2) is 25.2 Å². The number of amides is 1. The van der Waals surface area contributed by atoms with E-state index in [0.717, 1.165) is 36.1 Å². The van der Waals surface area contributed by atoms with Crippen LogP contribution >= 0.6 is 11.3 Å². The molecule has 1 unspecified atom stereocenters. The predicted octanol–water partition coefficient (Wildman–Crippen LogP) is 4.63. The Morgan fingerprint density at radius 3 is 2.59 bits per heavy atom. The van der Waals surface area contributed by atoms with Gasteiger partial charge in [0.05, 0.1) is 11.7 Å². The van der Waals surface area contributed by atoms with Crippen LogP contribution in [0.1, 0.15) is 54.0 Å². The maximum absolute atomic E-state index is 13.7. The number of nitrogens with one attached hydrogen (secondary N) is 1. The third-order valence-corrected chi connectivity index (χ3v) is 7.88. The number of benzene rings is 1. The van der Waals surface area contributed by atoms with E-state index in [2.05, 4.69) is 5.32 Å². The first-order chi connectivity index (χ1) is 12.8. The van der Waals surface area contributed by atoms with Gasteiger partial charge in [0.2, 0.25) is 15.9 Å². The summed E-state index contributed by atoms with van der Waals surface area (Å²) in [6.45, 7) is 5.79. The molecular weight excluding hydrogens is 380 g/mol. The molecule has 2 heterocycles. The Morgan fingerprint density at radius 2 is 1.93 bits per heavy atom. The minimum Gasteiger partial charge on any atom is -0.325 e. The minimum atomic E-state index is -3.75. The number of sulfonamides is 1. The third-order valence-electron chi connectivity index (χ3n) is 4.83. The van der Waals surface area contributed by atoms with Gasteiger partial charge in [0.25, 0.3) is 0 Å². The summed E-state index contributed by atoms with van der Waals surface area (Å²) in [5.41, 5.74) is 1.19. The summed E-state index contributed by atoms with van der Waals surface area (Å²) in [5.74, 6) is -0.281. The molecule has 1 amide bonds. The second kappa shape index (κ2) is 8.12. The van der Waals surface area contributed by atoms with Crippen LogP contribution in [0.15, 0.2) is 35.2 Å². The monoisotopic (exact) mass is 406 g/mol. The molecule has 2 aromatic rings. The zero-order valence-electron chi connectivity index (χ0n) is 16.0. The minimum absolute atomic E-state index is 0.151. The Labute approximate surface area is 165 Å². The molecular formula is C20H26N2O3S2. The summed E-state index contributed by atoms with van der Waals surface area (Å²) in [7, 11) is -3.75. The standard InChI is InChI=1S/C20H26N2O3S2/c1-14-8-10-17(21-16(3)23)20(13-14)27(24,25)22-12-6-4-5-7-18(22)19-11-9-15(2)26-19/h8-11,13,18H,4-7,12H2,1-3H3,(H,21,23). The molecule has 0 aliphatic carbocycles. The van der Waals surface area contributed by atoms with Crippen LogP contribution < -0.4 is 5.32 Å². The van der Waals surface area contributed by atoms with Gasteiger partial charge in [0.1, 0.15) is 4.90 Å². The van der Waals surface area contributed by atoms with Crippen molar-refractivity contribution in [3.63, 3.8) is 0 Å². The van der Waals surface area contributed by atoms with Gasteiger partial charge in [0.15, 0.2) is 0 Å². The molecule has 146 valence electrons. The fourth-order valence-corrected chi connectivity index (χ4v) is 6.55. The van der Waals surface area contributed by atoms with Crippen molar-refractivity contribution in [1.29, 1.82) is 0 Å². The molecule has 27 heavy (non-hydrogen) atoms. The van der Waals surface area contributed by atoms with E-state index in [4.69, 9.17) is 0 Å². The van der Waals surface area contributed by atoms with Gasteiger partial charge in [-0.05, 0) is 56.5 Å². The van der Waals surface area contributed by atoms with Crippen molar-refractivity contribution in [2.24, 2.45) is 0 Å². The molecule has 0 bridgehead atoms. The quantitative estimate of drug-likeness (QED) is 0.805. The highest BCUT2D eigenvalue weighted by molar-refractivity contribution is 7.89. The molecule has 3 rings (SSSR count). The van der Waals surface area contributed by atoms with Crippen LogP contribution in [0.4, 0.5) is 5.69 Å². The van der Waals surface area contributed by atoms with E-state index in [1.807, 2.05) is 32.0 Å². The molecule has 0 saturated carbocycles. The van der Waals surface area contributed by atoms with Crippen molar-refractivity contribution < 1.29 is 13.2 Å². The summed E-state index contributed by atoms with van der Waals surface area (Å²) in [6.07, 6.45) is 3.71. The number of nitrogens with zero attached hydrogens (tertiary/aromatic N) is 1. The zero-order valence-corrected chi connectivity index (χ0v) is 17.6. The largest absolute Gasteiger partial charge is 0.325 e. The fraction of sp³-hybridized carbons (Fsp3) is 0.450. The van der Waals surface area contributed by atoms with Crippen LogP contribution in [-0.2, 0) is 14.8 Å². The summed E-state index contributed by atoms with van der Waals surface area (Å²) in [5, 5.41) is 2.68. The molecule has 1 aromatic heterocycles. The van der Waals surface area contributed by atoms with Crippen LogP contribution in [0.3, 0.4) is 0 Å². The SMILES string of the molecule is CC(=O)Nc1ccc(C)cc1S(=O)(=O)N1CCCCCC1c1ccc(C)s1. The molecule has 1 N–H and O–H groups in total. The smallest absolute Gasteiger partial charge is 0.245 e. The first-order valence-electron chi connectivity index (χ1n) is 9.25. The topological polar surface area (TPSA) is 66.5 Å². The predicted molar refractivity (Wildman–Crippen MR) is 110 cm³/mol. The summed E-state index contributed by atoms with van der Waals surface area (Å²) in [4.78, 5) is 14.0. The van der Waals surface area contributed by atoms with Crippen LogP contribution in [0.25, 0.3) is 0 Å². The molecule has 5 nitrogen and oxygen atoms in total. The van der Waals surface area contributed by atoms with Crippen LogP contribution in [0.2, 0.25) is 0 Å². The van der Waals surface area contributed by atoms with E-state index in [1.165, 1.54) is 11.8 Å². The van der Waals surface area contributed by atoms with Gasteiger partial charge in [-0.2, -0.15) is 4.31 Å². The average molecular weight is 407 g/mol. The third kappa shape index (κ3) is 4.42. The first kappa shape index (κ1) is 20.0. The molecule has 7 heteroatoms. The highest BCUT2D eigenvalue weighted by Crippen LogP contribution is 2.39. The number of aryl methyl sites for hydroxylation is 2. The highest BCUT2D eigenvalue weighted by Gasteiger charge is 2.35. The van der Waals surface area contributed by atoms with Gasteiger partial charge in [-0.25, -0.2) is 8.42 Å². The van der Waals surface area contributed by atoms with Crippen molar-refractivity contribution in [2.45, 2.75) is 57.4 Å². The van der Waals surface area contributed by atoms with E-state index < -0.39 is 10.0 Å². The first-order valence-corrected chi connectivity index (χ1v) is 11.5. The lowest BCUT2D eigenvalue weighted by Crippen LogP contribution is -2.35. The van der Waals surface area contributed by atoms with E-state index >= 15 is 0 Å². The van der Waals surface area contributed by atoms with Crippen LogP contribution in [0.5, 0.6) is 0 Å². The number of hydrogen-bond donors (Lipinski definition) is 1. The second-order valence-corrected chi connectivity index (χ2v) is 10.3. The van der Waals surface area contributed by atoms with E-state index in [-0.39, 0.29) is 16.8 Å². The number of carbonyl (C=O) groups is 1. The molecule has 1 fully saturated rings. The zero-order chi connectivity index (χ0) is 19.6. The van der Waals surface area contributed by atoms with E-state index in [9.17, 15) is 13.2 Å². The summed E-state index contributed by atoms with van der Waals surface area (Å²) in [6, 6.07) is 9.08. The Hall–Kier alpha value is -1.70. The number of anilines is 1. The van der Waals surface area contributed by atoms with Crippen molar-refractivity contribution >= 4 is 33.0 Å². The van der Waals surface area contributed by atoms with Crippen molar-refractivity contribution in [2.75, 3.05) is 11.9 Å². The number of carbonyl (C=O) groups excluding carboxylic acids is 1. The molecule has 1 aromatic carbocycles. The highest BCUT2D eigenvalue weighted by atomic mass is 32.2. The second-order valence-electron chi connectivity index (χ2n) is 7.11. The normalized spacial score (nSPS) is 18.9. The van der Waals surface area contributed by atoms with Crippen LogP contribution in [0, 0.1) is 13.8 Å². The van der Waals surface area contributed by atoms with Gasteiger partial charge in [-0.15, -0.1) is 11.3 Å². The van der Waals surface area contributed by atoms with E-state index in [0.29, 0.717) is 12.2 Å². The lowest BCUT2D eigenvalue weighted by Gasteiger charge is -2.29. The fourth-order valence-electron chi connectivity index (χ4n) is 3.55. The molecule has 1 atom stereocenters. The van der Waals surface area contributed by atoms with Gasteiger partial charge in [0, 0.05) is 23.2 Å². The maximum Gasteiger partial charge on any atom is 0.245 e. The van der Waals surface area contributed by atoms with Gasteiger partial charge >= 0.3 is 0 Å². The number of rotatable bonds is 4. The number of hydrogen-bond acceptors (Lipinski definition) is 4. The van der Waals surface area contributed by atoms with Gasteiger partial charge in [-0.1, -0.05) is 18.9 Å². The summed E-state index contributed by atoms with van der Waals surface area (Å²) < 4.78 is 29.0. The lowest BCUT2D eigenvalue weighted by molar-refractivity contribution is -0.114. The Kier molecular flexibility index (Phi) is 6.03. The number of thiophene rings is 1. The molecule has 1 saturated heterocycles. The molecule has 1 aliphatic rings. The summed E-state index contributed by atoms with van der Waals surface area (Å²) >= 11 is 1.66. The molecule has 0 radical (unpaired) electrons. The van der Waals surface area contributed by atoms with Gasteiger partial charge < -0.3 is 5.32 Å². The van der Waals surface area contributed by atoms with Gasteiger partial charge in [-0.3, -0.25) is 4.79 Å². The maximum atomic E-state index is 13.7. The molecule has 0 spiro atoms. The Balaban J connectivity index is 2.08. The lowest BCUT2D eigenvalue weighted by atomic mass is 10.1. The van der Waals surface area contributed by atoms with E-state index in [1.54, 1.807) is 27.8 Å². The Bertz CT molecular complexity index is 934.